The predicted octanol–water partition coefficient (Wildman–Crippen LogP) is 1.54. The summed E-state index contributed by atoms with van der Waals surface area (Å²) < 4.78 is 7.50. The van der Waals surface area contributed by atoms with Gasteiger partial charge < -0.3 is 9.64 Å². The minimum Gasteiger partial charge on any atom is -0.375 e. The van der Waals surface area contributed by atoms with E-state index in [-0.39, 0.29) is 6.10 Å². The minimum absolute atomic E-state index is 0.183. The minimum atomic E-state index is 0.183. The van der Waals surface area contributed by atoms with Gasteiger partial charge in [0.05, 0.1) is 30.0 Å². The Kier molecular flexibility index (Phi) is 3.71. The lowest BCUT2D eigenvalue weighted by Crippen LogP contribution is -2.49. The third-order valence-corrected chi connectivity index (χ3v) is 3.57. The molecule has 0 amide bonds. The van der Waals surface area contributed by atoms with Crippen molar-refractivity contribution in [2.75, 3.05) is 18.1 Å². The Morgan fingerprint density at radius 3 is 2.89 bits per heavy atom. The summed E-state index contributed by atoms with van der Waals surface area (Å²) in [5, 5.41) is 4.35. The Hall–Kier alpha value is -1.36. The number of rotatable bonds is 3. The number of carbonyl (C=O) groups excluding carboxylic acids is 1. The van der Waals surface area contributed by atoms with E-state index in [9.17, 15) is 4.79 Å². The van der Waals surface area contributed by atoms with Crippen molar-refractivity contribution in [1.29, 1.82) is 0 Å². The number of hydrogen-bond acceptors (Lipinski definition) is 4. The van der Waals surface area contributed by atoms with Gasteiger partial charge in [0.25, 0.3) is 0 Å². The molecule has 0 radical (unpaired) electrons. The van der Waals surface area contributed by atoms with Crippen LogP contribution in [-0.4, -0.2) is 41.4 Å². The quantitative estimate of drug-likeness (QED) is 0.765. The second-order valence-electron chi connectivity index (χ2n) is 4.92. The fraction of sp³-hybridized carbons (Fsp3) is 0.692. The number of nitrogens with zero attached hydrogens (tertiary/aromatic N) is 3. The molecule has 2 unspecified atom stereocenters. The number of morpholine rings is 1. The highest BCUT2D eigenvalue weighted by atomic mass is 16.5. The van der Waals surface area contributed by atoms with E-state index in [2.05, 4.69) is 23.8 Å². The Labute approximate surface area is 108 Å². The van der Waals surface area contributed by atoms with E-state index in [0.29, 0.717) is 18.2 Å². The van der Waals surface area contributed by atoms with Crippen molar-refractivity contribution >= 4 is 12.1 Å². The van der Waals surface area contributed by atoms with E-state index in [1.807, 2.05) is 14.0 Å². The van der Waals surface area contributed by atoms with Crippen LogP contribution in [0.1, 0.15) is 36.3 Å². The molecule has 5 heteroatoms. The van der Waals surface area contributed by atoms with E-state index >= 15 is 0 Å². The van der Waals surface area contributed by atoms with Crippen LogP contribution >= 0.6 is 0 Å². The fourth-order valence-electron chi connectivity index (χ4n) is 2.58. The van der Waals surface area contributed by atoms with Crippen molar-refractivity contribution in [2.45, 2.75) is 39.3 Å². The molecule has 1 aromatic heterocycles. The molecule has 2 heterocycles. The molecule has 2 atom stereocenters. The lowest BCUT2D eigenvalue weighted by atomic mass is 10.1. The molecule has 0 aliphatic carbocycles. The SMILES string of the molecule is CCC1COC(C)CN1c1c(C=O)c(C)nn1C. The molecule has 1 fully saturated rings. The van der Waals surface area contributed by atoms with E-state index in [0.717, 1.165) is 30.8 Å². The standard InChI is InChI=1S/C13H21N3O2/c1-5-11-8-18-9(2)6-16(11)13-12(7-17)10(3)14-15(13)4/h7,9,11H,5-6,8H2,1-4H3. The predicted molar refractivity (Wildman–Crippen MR) is 70.2 cm³/mol. The summed E-state index contributed by atoms with van der Waals surface area (Å²) in [6.45, 7) is 7.58. The summed E-state index contributed by atoms with van der Waals surface area (Å²) in [4.78, 5) is 13.5. The highest BCUT2D eigenvalue weighted by molar-refractivity contribution is 5.85. The zero-order valence-electron chi connectivity index (χ0n) is 11.5. The molecule has 1 aliphatic heterocycles. The monoisotopic (exact) mass is 251 g/mol. The van der Waals surface area contributed by atoms with Crippen LogP contribution in [0.5, 0.6) is 0 Å². The first kappa shape index (κ1) is 13.1. The van der Waals surface area contributed by atoms with E-state index in [4.69, 9.17) is 4.74 Å². The first-order valence-corrected chi connectivity index (χ1v) is 6.45. The first-order valence-electron chi connectivity index (χ1n) is 6.45. The molecule has 1 aromatic rings. The molecule has 0 N–H and O–H groups in total. The van der Waals surface area contributed by atoms with Crippen LogP contribution < -0.4 is 4.90 Å². The summed E-state index contributed by atoms with van der Waals surface area (Å²) in [6, 6.07) is 0.315. The van der Waals surface area contributed by atoms with Gasteiger partial charge in [-0.2, -0.15) is 5.10 Å². The third-order valence-electron chi connectivity index (χ3n) is 3.57. The molecule has 0 spiro atoms. The van der Waals surface area contributed by atoms with Gasteiger partial charge >= 0.3 is 0 Å². The van der Waals surface area contributed by atoms with Crippen LogP contribution in [0.15, 0.2) is 0 Å². The average molecular weight is 251 g/mol. The Bertz CT molecular complexity index is 442. The molecule has 18 heavy (non-hydrogen) atoms. The van der Waals surface area contributed by atoms with Crippen LogP contribution in [0.2, 0.25) is 0 Å². The van der Waals surface area contributed by atoms with E-state index in [1.54, 1.807) is 4.68 Å². The molecule has 0 bridgehead atoms. The smallest absolute Gasteiger partial charge is 0.155 e. The van der Waals surface area contributed by atoms with Gasteiger partial charge in [-0.05, 0) is 20.3 Å². The zero-order valence-corrected chi connectivity index (χ0v) is 11.5. The van der Waals surface area contributed by atoms with E-state index < -0.39 is 0 Å². The van der Waals surface area contributed by atoms with Gasteiger partial charge in [0.2, 0.25) is 0 Å². The third kappa shape index (κ3) is 2.14. The highest BCUT2D eigenvalue weighted by Gasteiger charge is 2.30. The summed E-state index contributed by atoms with van der Waals surface area (Å²) >= 11 is 0. The summed E-state index contributed by atoms with van der Waals surface area (Å²) in [5.41, 5.74) is 1.49. The van der Waals surface area contributed by atoms with Crippen LogP contribution in [0.4, 0.5) is 5.82 Å². The van der Waals surface area contributed by atoms with Gasteiger partial charge in [-0.15, -0.1) is 0 Å². The van der Waals surface area contributed by atoms with Gasteiger partial charge in [-0.3, -0.25) is 9.48 Å². The van der Waals surface area contributed by atoms with Crippen LogP contribution in [0.3, 0.4) is 0 Å². The van der Waals surface area contributed by atoms with Crippen molar-refractivity contribution < 1.29 is 9.53 Å². The lowest BCUT2D eigenvalue weighted by Gasteiger charge is -2.39. The molecular weight excluding hydrogens is 230 g/mol. The molecule has 2 rings (SSSR count). The summed E-state index contributed by atoms with van der Waals surface area (Å²) in [5.74, 6) is 0.921. The fourth-order valence-corrected chi connectivity index (χ4v) is 2.58. The number of anilines is 1. The molecule has 1 aliphatic rings. The summed E-state index contributed by atoms with van der Waals surface area (Å²) in [7, 11) is 1.89. The molecular formula is C13H21N3O2. The molecule has 100 valence electrons. The van der Waals surface area contributed by atoms with Crippen LogP contribution in [-0.2, 0) is 11.8 Å². The van der Waals surface area contributed by atoms with Gasteiger partial charge in [0, 0.05) is 13.6 Å². The topological polar surface area (TPSA) is 47.4 Å². The Morgan fingerprint density at radius 1 is 1.56 bits per heavy atom. The normalized spacial score (nSPS) is 24.3. The maximum atomic E-state index is 11.3. The largest absolute Gasteiger partial charge is 0.375 e. The second kappa shape index (κ2) is 5.10. The molecule has 1 saturated heterocycles. The molecule has 0 aromatic carbocycles. The maximum Gasteiger partial charge on any atom is 0.155 e. The first-order chi connectivity index (χ1) is 8.58. The number of aromatic nitrogens is 2. The van der Waals surface area contributed by atoms with Crippen LogP contribution in [0, 0.1) is 6.92 Å². The van der Waals surface area contributed by atoms with Crippen molar-refractivity contribution in [3.8, 4) is 0 Å². The number of carbonyl (C=O) groups is 1. The molecule has 0 saturated carbocycles. The van der Waals surface area contributed by atoms with Crippen molar-refractivity contribution in [3.63, 3.8) is 0 Å². The van der Waals surface area contributed by atoms with Crippen molar-refractivity contribution in [2.24, 2.45) is 7.05 Å². The van der Waals surface area contributed by atoms with Crippen LogP contribution in [0.25, 0.3) is 0 Å². The molecule has 5 nitrogen and oxygen atoms in total. The zero-order chi connectivity index (χ0) is 13.3. The second-order valence-corrected chi connectivity index (χ2v) is 4.92. The Morgan fingerprint density at radius 2 is 2.28 bits per heavy atom. The van der Waals surface area contributed by atoms with Gasteiger partial charge in [0.15, 0.2) is 6.29 Å². The van der Waals surface area contributed by atoms with Gasteiger partial charge in [-0.1, -0.05) is 6.92 Å². The van der Waals surface area contributed by atoms with Crippen molar-refractivity contribution in [1.82, 2.24) is 9.78 Å². The van der Waals surface area contributed by atoms with E-state index in [1.165, 1.54) is 0 Å². The van der Waals surface area contributed by atoms with Crippen molar-refractivity contribution in [3.05, 3.63) is 11.3 Å². The van der Waals surface area contributed by atoms with Gasteiger partial charge in [-0.25, -0.2) is 0 Å². The number of aldehydes is 1. The lowest BCUT2D eigenvalue weighted by molar-refractivity contribution is 0.0292. The maximum absolute atomic E-state index is 11.3. The summed E-state index contributed by atoms with van der Waals surface area (Å²) in [6.07, 6.45) is 2.09. The average Bonchev–Trinajstić information content (AvgIpc) is 2.63. The Balaban J connectivity index is 2.41. The number of hydrogen-bond donors (Lipinski definition) is 0. The number of aryl methyl sites for hydroxylation is 2. The van der Waals surface area contributed by atoms with Gasteiger partial charge in [0.1, 0.15) is 5.82 Å². The number of ether oxygens (including phenoxy) is 1. The highest BCUT2D eigenvalue weighted by Crippen LogP contribution is 2.27.